The Morgan fingerprint density at radius 2 is 1.76 bits per heavy atom. The van der Waals surface area contributed by atoms with Gasteiger partial charge in [0.15, 0.2) is 0 Å². The van der Waals surface area contributed by atoms with Crippen molar-refractivity contribution in [2.24, 2.45) is 0 Å². The molecule has 1 atom stereocenters. The number of nitrogens with zero attached hydrogens (tertiary/aromatic N) is 1. The van der Waals surface area contributed by atoms with Crippen molar-refractivity contribution >= 4 is 21.6 Å². The largest absolute Gasteiger partial charge is 0.490 e. The molecule has 0 heterocycles. The molecule has 4 rings (SSSR count). The Morgan fingerprint density at radius 1 is 1.00 bits per heavy atom. The van der Waals surface area contributed by atoms with Crippen LogP contribution < -0.4 is 15.8 Å². The molecular weight excluding hydrogens is 554 g/mol. The van der Waals surface area contributed by atoms with Gasteiger partial charge in [-0.25, -0.2) is 12.7 Å². The number of ether oxygens (including phenoxy) is 1. The first kappa shape index (κ1) is 31.5. The topological polar surface area (TPSA) is 142 Å². The summed E-state index contributed by atoms with van der Waals surface area (Å²) in [5, 5.41) is 22.9. The quantitative estimate of drug-likeness (QED) is 0.161. The summed E-state index contributed by atoms with van der Waals surface area (Å²) in [5.74, 6) is -0.695. The first-order chi connectivity index (χ1) is 20.3. The Bertz CT molecular complexity index is 1410. The second-order valence-corrected chi connectivity index (χ2v) is 12.6. The molecule has 1 aliphatic rings. The summed E-state index contributed by atoms with van der Waals surface area (Å²) in [4.78, 5) is 14.0. The number of benzene rings is 3. The summed E-state index contributed by atoms with van der Waals surface area (Å²) in [6, 6.07) is 21.9. The number of amides is 1. The molecule has 1 aliphatic carbocycles. The molecule has 10 heteroatoms. The SMILES string of the molecule is Nc1cccc([C@@H](O)CNCCN(C(=O)c2ccc(-c3ccccc3)cc2OC2CCCCC2)S(=O)(=O)CCCO)c1. The van der Waals surface area contributed by atoms with Crippen molar-refractivity contribution < 1.29 is 28.2 Å². The fourth-order valence-electron chi connectivity index (χ4n) is 5.13. The number of rotatable bonds is 14. The van der Waals surface area contributed by atoms with Gasteiger partial charge < -0.3 is 26.0 Å². The van der Waals surface area contributed by atoms with Gasteiger partial charge in [-0.2, -0.15) is 0 Å². The van der Waals surface area contributed by atoms with Crippen molar-refractivity contribution in [3.63, 3.8) is 0 Å². The molecule has 0 unspecified atom stereocenters. The number of hydrogen-bond acceptors (Lipinski definition) is 8. The molecule has 0 radical (unpaired) electrons. The van der Waals surface area contributed by atoms with E-state index in [2.05, 4.69) is 5.32 Å². The fourth-order valence-corrected chi connectivity index (χ4v) is 6.57. The maximum absolute atomic E-state index is 14.0. The monoisotopic (exact) mass is 595 g/mol. The van der Waals surface area contributed by atoms with E-state index in [1.807, 2.05) is 36.4 Å². The molecule has 1 fully saturated rings. The van der Waals surface area contributed by atoms with Crippen LogP contribution in [0, 0.1) is 0 Å². The fraction of sp³-hybridized carbons (Fsp3) is 0.406. The summed E-state index contributed by atoms with van der Waals surface area (Å²) in [5.41, 5.74) is 8.97. The zero-order valence-corrected chi connectivity index (χ0v) is 24.6. The highest BCUT2D eigenvalue weighted by atomic mass is 32.2. The van der Waals surface area contributed by atoms with Gasteiger partial charge in [0.1, 0.15) is 5.75 Å². The Morgan fingerprint density at radius 3 is 2.48 bits per heavy atom. The zero-order chi connectivity index (χ0) is 30.0. The van der Waals surface area contributed by atoms with Crippen molar-refractivity contribution in [3.05, 3.63) is 83.9 Å². The van der Waals surface area contributed by atoms with Gasteiger partial charge in [0.05, 0.1) is 23.5 Å². The summed E-state index contributed by atoms with van der Waals surface area (Å²) in [6.45, 7) is -0.207. The lowest BCUT2D eigenvalue weighted by Gasteiger charge is -2.27. The highest BCUT2D eigenvalue weighted by Gasteiger charge is 2.31. The molecule has 1 amide bonds. The second-order valence-electron chi connectivity index (χ2n) is 10.6. The summed E-state index contributed by atoms with van der Waals surface area (Å²) in [6.07, 6.45) is 4.08. The number of nitrogens with two attached hydrogens (primary N) is 1. The smallest absolute Gasteiger partial charge is 0.271 e. The average molecular weight is 596 g/mol. The number of nitrogen functional groups attached to an aromatic ring is 1. The minimum absolute atomic E-state index is 0.00601. The van der Waals surface area contributed by atoms with E-state index in [4.69, 9.17) is 10.5 Å². The molecule has 226 valence electrons. The van der Waals surface area contributed by atoms with Crippen LogP contribution in [-0.2, 0) is 10.0 Å². The van der Waals surface area contributed by atoms with Gasteiger partial charge in [0, 0.05) is 31.9 Å². The average Bonchev–Trinajstić information content (AvgIpc) is 3.00. The third-order valence-electron chi connectivity index (χ3n) is 7.41. The van der Waals surface area contributed by atoms with Gasteiger partial charge in [-0.15, -0.1) is 0 Å². The van der Waals surface area contributed by atoms with E-state index in [0.29, 0.717) is 17.0 Å². The second kappa shape index (κ2) is 15.2. The van der Waals surface area contributed by atoms with Crippen LogP contribution in [-0.4, -0.2) is 66.9 Å². The number of carbonyl (C=O) groups is 1. The third kappa shape index (κ3) is 8.54. The summed E-state index contributed by atoms with van der Waals surface area (Å²) in [7, 11) is -4.05. The van der Waals surface area contributed by atoms with E-state index in [1.54, 1.807) is 36.4 Å². The van der Waals surface area contributed by atoms with Crippen LogP contribution in [0.2, 0.25) is 0 Å². The van der Waals surface area contributed by atoms with Crippen LogP contribution in [0.1, 0.15) is 60.6 Å². The number of aliphatic hydroxyl groups excluding tert-OH is 2. The van der Waals surface area contributed by atoms with E-state index in [-0.39, 0.29) is 50.1 Å². The molecular formula is C32H41N3O6S. The Hall–Kier alpha value is -3.44. The Kier molecular flexibility index (Phi) is 11.4. The van der Waals surface area contributed by atoms with Gasteiger partial charge in [0.2, 0.25) is 10.0 Å². The molecule has 0 bridgehead atoms. The van der Waals surface area contributed by atoms with Gasteiger partial charge in [0.25, 0.3) is 5.91 Å². The lowest BCUT2D eigenvalue weighted by atomic mass is 9.97. The molecule has 3 aromatic rings. The third-order valence-corrected chi connectivity index (χ3v) is 9.24. The number of anilines is 1. The molecule has 1 saturated carbocycles. The lowest BCUT2D eigenvalue weighted by molar-refractivity contribution is 0.0849. The van der Waals surface area contributed by atoms with Crippen molar-refractivity contribution in [2.45, 2.75) is 50.7 Å². The van der Waals surface area contributed by atoms with E-state index in [9.17, 15) is 23.4 Å². The number of sulfonamides is 1. The van der Waals surface area contributed by atoms with Crippen LogP contribution in [0.25, 0.3) is 11.1 Å². The first-order valence-electron chi connectivity index (χ1n) is 14.5. The maximum atomic E-state index is 14.0. The molecule has 0 aromatic heterocycles. The highest BCUT2D eigenvalue weighted by Crippen LogP contribution is 2.32. The van der Waals surface area contributed by atoms with Crippen LogP contribution in [0.15, 0.2) is 72.8 Å². The highest BCUT2D eigenvalue weighted by molar-refractivity contribution is 7.89. The van der Waals surface area contributed by atoms with E-state index in [1.165, 1.54) is 0 Å². The number of aliphatic hydroxyl groups is 2. The summed E-state index contributed by atoms with van der Waals surface area (Å²) < 4.78 is 33.9. The maximum Gasteiger partial charge on any atom is 0.271 e. The zero-order valence-electron chi connectivity index (χ0n) is 23.8. The van der Waals surface area contributed by atoms with Crippen LogP contribution in [0.3, 0.4) is 0 Å². The van der Waals surface area contributed by atoms with E-state index < -0.39 is 22.0 Å². The van der Waals surface area contributed by atoms with Crippen LogP contribution in [0.5, 0.6) is 5.75 Å². The molecule has 9 nitrogen and oxygen atoms in total. The molecule has 0 saturated heterocycles. The number of nitrogens with one attached hydrogen (secondary N) is 1. The molecule has 42 heavy (non-hydrogen) atoms. The van der Waals surface area contributed by atoms with Crippen molar-refractivity contribution in [3.8, 4) is 16.9 Å². The number of hydrogen-bond donors (Lipinski definition) is 4. The van der Waals surface area contributed by atoms with Gasteiger partial charge in [-0.1, -0.05) is 55.0 Å². The predicted molar refractivity (Wildman–Crippen MR) is 165 cm³/mol. The Labute approximate surface area is 248 Å². The van der Waals surface area contributed by atoms with E-state index >= 15 is 0 Å². The standard InChI is InChI=1S/C32H41N3O6S/c33-27-12-7-11-26(21-27)30(37)23-34-17-18-35(42(39,40)20-8-19-36)32(38)29-16-15-25(24-9-3-1-4-10-24)22-31(29)41-28-13-5-2-6-14-28/h1,3-4,7,9-12,15-16,21-22,28,30,34,36-37H,2,5-6,8,13-14,17-20,23,33H2/t30-/m0/s1. The predicted octanol–water partition coefficient (Wildman–Crippen LogP) is 4.12. The van der Waals surface area contributed by atoms with Crippen LogP contribution in [0.4, 0.5) is 5.69 Å². The number of carbonyl (C=O) groups excluding carboxylic acids is 1. The van der Waals surface area contributed by atoms with Crippen LogP contribution >= 0.6 is 0 Å². The van der Waals surface area contributed by atoms with Crippen molar-refractivity contribution in [1.29, 1.82) is 0 Å². The minimum atomic E-state index is -4.05. The van der Waals surface area contributed by atoms with Gasteiger partial charge in [-0.3, -0.25) is 4.79 Å². The lowest BCUT2D eigenvalue weighted by Crippen LogP contribution is -2.43. The van der Waals surface area contributed by atoms with Gasteiger partial charge >= 0.3 is 0 Å². The van der Waals surface area contributed by atoms with Crippen molar-refractivity contribution in [1.82, 2.24) is 9.62 Å². The molecule has 3 aromatic carbocycles. The van der Waals surface area contributed by atoms with Gasteiger partial charge in [-0.05, 0) is 73.1 Å². The Balaban J connectivity index is 1.57. The molecule has 0 spiro atoms. The first-order valence-corrected chi connectivity index (χ1v) is 16.2. The molecule has 0 aliphatic heterocycles. The molecule has 5 N–H and O–H groups in total. The van der Waals surface area contributed by atoms with E-state index in [0.717, 1.165) is 47.5 Å². The normalized spacial score (nSPS) is 14.8. The minimum Gasteiger partial charge on any atom is -0.490 e. The van der Waals surface area contributed by atoms with Crippen molar-refractivity contribution in [2.75, 3.05) is 37.7 Å². The summed E-state index contributed by atoms with van der Waals surface area (Å²) >= 11 is 0.